The number of carboxylic acids is 1. The van der Waals surface area contributed by atoms with Crippen molar-refractivity contribution >= 4 is 27.6 Å². The molecule has 0 saturated carbocycles. The molecule has 9 heteroatoms. The number of ether oxygens (including phenoxy) is 3. The lowest BCUT2D eigenvalue weighted by molar-refractivity contribution is 0.0362. The van der Waals surface area contributed by atoms with Crippen molar-refractivity contribution in [1.29, 1.82) is 0 Å². The molecule has 0 unspecified atom stereocenters. The molecule has 2 aromatic heterocycles. The van der Waals surface area contributed by atoms with Gasteiger partial charge in [0.2, 0.25) is 0 Å². The Morgan fingerprint density at radius 1 is 0.880 bits per heavy atom. The van der Waals surface area contributed by atoms with E-state index in [0.29, 0.717) is 51.5 Å². The van der Waals surface area contributed by atoms with E-state index in [9.17, 15) is 9.90 Å². The number of rotatable bonds is 13. The second-order valence-electron chi connectivity index (χ2n) is 13.0. The van der Waals surface area contributed by atoms with Gasteiger partial charge in [-0.05, 0) is 55.8 Å². The van der Waals surface area contributed by atoms with E-state index in [1.165, 1.54) is 5.56 Å². The van der Waals surface area contributed by atoms with Crippen LogP contribution in [-0.2, 0) is 31.4 Å². The molecule has 1 aliphatic rings. The van der Waals surface area contributed by atoms with Crippen LogP contribution in [0.15, 0.2) is 84.9 Å². The van der Waals surface area contributed by atoms with Crippen LogP contribution in [0.4, 0.5) is 0 Å². The minimum Gasteiger partial charge on any atom is -0.493 e. The molecule has 0 radical (unpaired) electrons. The van der Waals surface area contributed by atoms with Crippen molar-refractivity contribution in [3.63, 3.8) is 0 Å². The van der Waals surface area contributed by atoms with Gasteiger partial charge in [-0.15, -0.1) is 0 Å². The second kappa shape index (κ2) is 14.8. The summed E-state index contributed by atoms with van der Waals surface area (Å²) in [5.41, 5.74) is 6.97. The zero-order valence-corrected chi connectivity index (χ0v) is 29.0. The van der Waals surface area contributed by atoms with E-state index in [4.69, 9.17) is 19.3 Å². The molecule has 1 saturated heterocycles. The first-order chi connectivity index (χ1) is 24.4. The van der Waals surface area contributed by atoms with Crippen molar-refractivity contribution in [2.24, 2.45) is 7.05 Å². The number of fused-ring (bicyclic) bond motifs is 2. The molecule has 1 fully saturated rings. The Kier molecular flexibility index (Phi) is 9.87. The van der Waals surface area contributed by atoms with E-state index in [-0.39, 0.29) is 0 Å². The highest BCUT2D eigenvalue weighted by molar-refractivity contribution is 6.04. The van der Waals surface area contributed by atoms with Gasteiger partial charge in [0.1, 0.15) is 23.8 Å². The van der Waals surface area contributed by atoms with Gasteiger partial charge in [0.25, 0.3) is 0 Å². The topological polar surface area (TPSA) is 91.0 Å². The fourth-order valence-corrected chi connectivity index (χ4v) is 7.23. The molecule has 0 bridgehead atoms. The second-order valence-corrected chi connectivity index (χ2v) is 13.0. The van der Waals surface area contributed by atoms with Gasteiger partial charge in [-0.3, -0.25) is 9.58 Å². The zero-order chi connectivity index (χ0) is 34.6. The van der Waals surface area contributed by atoms with Crippen LogP contribution in [0.25, 0.3) is 32.8 Å². The van der Waals surface area contributed by atoms with Gasteiger partial charge in [0, 0.05) is 55.1 Å². The summed E-state index contributed by atoms with van der Waals surface area (Å²) in [6.45, 7) is 9.14. The van der Waals surface area contributed by atoms with Crippen molar-refractivity contribution < 1.29 is 24.1 Å². The highest BCUT2D eigenvalue weighted by Gasteiger charge is 2.27. The molecule has 0 aliphatic carbocycles. The van der Waals surface area contributed by atoms with E-state index in [2.05, 4.69) is 42.2 Å². The number of para-hydroxylation sites is 1. The van der Waals surface area contributed by atoms with Crippen molar-refractivity contribution in [2.75, 3.05) is 39.5 Å². The van der Waals surface area contributed by atoms with Crippen LogP contribution in [-0.4, -0.2) is 69.8 Å². The summed E-state index contributed by atoms with van der Waals surface area (Å²) in [5.74, 6) is 0.697. The lowest BCUT2D eigenvalue weighted by Gasteiger charge is -2.27. The maximum absolute atomic E-state index is 13.2. The van der Waals surface area contributed by atoms with Crippen LogP contribution in [0, 0.1) is 13.8 Å². The van der Waals surface area contributed by atoms with Crippen LogP contribution >= 0.6 is 0 Å². The largest absolute Gasteiger partial charge is 0.493 e. The maximum atomic E-state index is 13.2. The van der Waals surface area contributed by atoms with Gasteiger partial charge in [0.15, 0.2) is 0 Å². The number of hydrogen-bond donors (Lipinski definition) is 1. The number of carbonyl (C=O) groups is 1. The van der Waals surface area contributed by atoms with Gasteiger partial charge in [-0.2, -0.15) is 5.10 Å². The van der Waals surface area contributed by atoms with Gasteiger partial charge < -0.3 is 23.9 Å². The third-order valence-corrected chi connectivity index (χ3v) is 9.72. The average molecular weight is 673 g/mol. The molecular weight excluding hydrogens is 628 g/mol. The number of morpholine rings is 1. The van der Waals surface area contributed by atoms with E-state index in [1.54, 1.807) is 0 Å². The zero-order valence-electron chi connectivity index (χ0n) is 29.0. The number of aromatic carboxylic acids is 1. The Bertz CT molecular complexity index is 2120. The van der Waals surface area contributed by atoms with Crippen molar-refractivity contribution in [3.8, 4) is 22.6 Å². The van der Waals surface area contributed by atoms with Gasteiger partial charge in [0.05, 0.1) is 36.7 Å². The summed E-state index contributed by atoms with van der Waals surface area (Å²) in [6.07, 6.45) is 1.23. The molecule has 258 valence electrons. The fourth-order valence-electron chi connectivity index (χ4n) is 7.23. The summed E-state index contributed by atoms with van der Waals surface area (Å²) >= 11 is 0. The van der Waals surface area contributed by atoms with Gasteiger partial charge in [-0.1, -0.05) is 72.3 Å². The molecule has 4 aromatic carbocycles. The Labute approximate surface area is 292 Å². The maximum Gasteiger partial charge on any atom is 0.352 e. The van der Waals surface area contributed by atoms with E-state index >= 15 is 0 Å². The van der Waals surface area contributed by atoms with Gasteiger partial charge >= 0.3 is 5.97 Å². The fraction of sp³-hybridized carbons (Fsp3) is 0.317. The standard InChI is InChI=1S/C41H44N4O5/c1-28-16-18-31(19-17-28)50-27-36-38(29(2)42-43(36)3)35-13-7-12-33-34(14-8-24-49-37-15-6-10-30-9-4-5-11-32(30)37)40(41(46)47)45(39(33)35)21-20-44-22-25-48-26-23-44/h4-7,9-13,15-19H,8,14,20-27H2,1-3H3,(H,46,47). The minimum atomic E-state index is -0.926. The molecule has 3 heterocycles. The third-order valence-electron chi connectivity index (χ3n) is 9.72. The molecule has 7 rings (SSSR count). The number of hydrogen-bond acceptors (Lipinski definition) is 6. The highest BCUT2D eigenvalue weighted by Crippen LogP contribution is 2.38. The van der Waals surface area contributed by atoms with Crippen LogP contribution in [0.5, 0.6) is 11.5 Å². The molecule has 1 aliphatic heterocycles. The van der Waals surface area contributed by atoms with E-state index in [0.717, 1.165) is 80.9 Å². The Hall–Kier alpha value is -5.12. The number of nitrogens with zero attached hydrogens (tertiary/aromatic N) is 4. The third kappa shape index (κ3) is 6.84. The number of carboxylic acid groups (broad SMARTS) is 1. The predicted molar refractivity (Wildman–Crippen MR) is 196 cm³/mol. The van der Waals surface area contributed by atoms with E-state index in [1.807, 2.05) is 77.8 Å². The highest BCUT2D eigenvalue weighted by atomic mass is 16.5. The number of aryl methyl sites for hydroxylation is 4. The monoisotopic (exact) mass is 672 g/mol. The summed E-state index contributed by atoms with van der Waals surface area (Å²) in [5, 5.41) is 18.8. The van der Waals surface area contributed by atoms with Crippen molar-refractivity contribution in [1.82, 2.24) is 19.2 Å². The summed E-state index contributed by atoms with van der Waals surface area (Å²) < 4.78 is 22.1. The summed E-state index contributed by atoms with van der Waals surface area (Å²) in [4.78, 5) is 15.6. The number of benzene rings is 4. The molecule has 6 aromatic rings. The molecule has 9 nitrogen and oxygen atoms in total. The van der Waals surface area contributed by atoms with Crippen LogP contribution < -0.4 is 9.47 Å². The van der Waals surface area contributed by atoms with E-state index < -0.39 is 5.97 Å². The minimum absolute atomic E-state index is 0.324. The molecule has 0 amide bonds. The van der Waals surface area contributed by atoms with Crippen molar-refractivity contribution in [3.05, 3.63) is 113 Å². The van der Waals surface area contributed by atoms with Crippen molar-refractivity contribution in [2.45, 2.75) is 39.8 Å². The molecule has 0 atom stereocenters. The van der Waals surface area contributed by atoms with Gasteiger partial charge in [-0.25, -0.2) is 4.79 Å². The summed E-state index contributed by atoms with van der Waals surface area (Å²) in [6, 6.07) is 28.5. The normalized spacial score (nSPS) is 13.7. The lowest BCUT2D eigenvalue weighted by Crippen LogP contribution is -2.38. The lowest BCUT2D eigenvalue weighted by atomic mass is 9.98. The quantitative estimate of drug-likeness (QED) is 0.128. The van der Waals surface area contributed by atoms with Crippen LogP contribution in [0.1, 0.15) is 39.4 Å². The first-order valence-corrected chi connectivity index (χ1v) is 17.4. The Morgan fingerprint density at radius 3 is 2.42 bits per heavy atom. The molecule has 50 heavy (non-hydrogen) atoms. The Balaban J connectivity index is 1.26. The Morgan fingerprint density at radius 2 is 1.62 bits per heavy atom. The average Bonchev–Trinajstić information content (AvgIpc) is 3.61. The molecule has 1 N–H and O–H groups in total. The number of aromatic nitrogens is 3. The smallest absolute Gasteiger partial charge is 0.352 e. The predicted octanol–water partition coefficient (Wildman–Crippen LogP) is 7.43. The van der Waals surface area contributed by atoms with Crippen LogP contribution in [0.2, 0.25) is 0 Å². The van der Waals surface area contributed by atoms with Crippen LogP contribution in [0.3, 0.4) is 0 Å². The molecular formula is C41H44N4O5. The summed E-state index contributed by atoms with van der Waals surface area (Å²) in [7, 11) is 1.94. The SMILES string of the molecule is Cc1ccc(OCc2c(-c3cccc4c(CCCOc5cccc6ccccc56)c(C(=O)O)n(CCN5CCOCC5)c34)c(C)nn2C)cc1. The first kappa shape index (κ1) is 33.4. The molecule has 0 spiro atoms. The first-order valence-electron chi connectivity index (χ1n) is 17.4.